The summed E-state index contributed by atoms with van der Waals surface area (Å²) in [5.41, 5.74) is -1.09. The summed E-state index contributed by atoms with van der Waals surface area (Å²) in [6.45, 7) is 5.85. The molecule has 0 spiro atoms. The van der Waals surface area contributed by atoms with Crippen LogP contribution in [0.4, 0.5) is 0 Å². The molecule has 0 aromatic heterocycles. The molecule has 3 N–H and O–H groups in total. The zero-order valence-corrected chi connectivity index (χ0v) is 9.74. The van der Waals surface area contributed by atoms with Crippen molar-refractivity contribution in [1.29, 1.82) is 0 Å². The van der Waals surface area contributed by atoms with Gasteiger partial charge in [-0.2, -0.15) is 0 Å². The average Bonchev–Trinajstić information content (AvgIpc) is 2.16. The first-order valence-corrected chi connectivity index (χ1v) is 5.57. The fourth-order valence-corrected chi connectivity index (χ4v) is 2.15. The average molecular weight is 217 g/mol. The van der Waals surface area contributed by atoms with Gasteiger partial charge in [0.2, 0.25) is 0 Å². The Balaban J connectivity index is 2.51. The first kappa shape index (κ1) is 12.9. The van der Waals surface area contributed by atoms with Crippen LogP contribution >= 0.6 is 0 Å². The molecule has 1 saturated heterocycles. The molecule has 0 bridgehead atoms. The molecule has 1 rings (SSSR count). The second kappa shape index (κ2) is 4.78. The van der Waals surface area contributed by atoms with Crippen LogP contribution in [-0.4, -0.2) is 58.7 Å². The Morgan fingerprint density at radius 2 is 1.93 bits per heavy atom. The molecule has 4 heteroatoms. The molecule has 90 valence electrons. The number of hydrogen-bond donors (Lipinski definition) is 3. The number of aliphatic hydroxyl groups is 3. The molecular weight excluding hydrogens is 194 g/mol. The highest BCUT2D eigenvalue weighted by Gasteiger charge is 2.32. The van der Waals surface area contributed by atoms with Crippen molar-refractivity contribution in [3.63, 3.8) is 0 Å². The minimum Gasteiger partial charge on any atom is -0.396 e. The second-order valence-corrected chi connectivity index (χ2v) is 5.44. The third kappa shape index (κ3) is 3.72. The predicted octanol–water partition coefficient (Wildman–Crippen LogP) is -0.176. The van der Waals surface area contributed by atoms with E-state index in [1.807, 2.05) is 13.8 Å². The fraction of sp³-hybridized carbons (Fsp3) is 1.00. The van der Waals surface area contributed by atoms with Crippen LogP contribution in [0.5, 0.6) is 0 Å². The van der Waals surface area contributed by atoms with Crippen LogP contribution in [0.3, 0.4) is 0 Å². The minimum absolute atomic E-state index is 0.0257. The third-order valence-electron chi connectivity index (χ3n) is 3.12. The maximum atomic E-state index is 9.92. The Morgan fingerprint density at radius 3 is 2.40 bits per heavy atom. The van der Waals surface area contributed by atoms with Gasteiger partial charge in [0.05, 0.1) is 18.8 Å². The quantitative estimate of drug-likeness (QED) is 0.611. The maximum absolute atomic E-state index is 9.92. The summed E-state index contributed by atoms with van der Waals surface area (Å²) in [5, 5.41) is 28.3. The molecular formula is C11H23NO3. The molecule has 1 unspecified atom stereocenters. The first-order chi connectivity index (χ1) is 6.91. The molecule has 0 amide bonds. The standard InChI is InChI=1S/C11H23NO3/c1-10(8-13,9-14)6-12-5-3-4-11(2,15)7-12/h13-15H,3-9H2,1-2H3. The van der Waals surface area contributed by atoms with Crippen LogP contribution in [0, 0.1) is 5.41 Å². The Morgan fingerprint density at radius 1 is 1.33 bits per heavy atom. The molecule has 0 saturated carbocycles. The summed E-state index contributed by atoms with van der Waals surface area (Å²) in [5.74, 6) is 0. The summed E-state index contributed by atoms with van der Waals surface area (Å²) in [6, 6.07) is 0. The topological polar surface area (TPSA) is 63.9 Å². The van der Waals surface area contributed by atoms with Crippen molar-refractivity contribution in [2.45, 2.75) is 32.3 Å². The van der Waals surface area contributed by atoms with E-state index < -0.39 is 11.0 Å². The van der Waals surface area contributed by atoms with Crippen molar-refractivity contribution < 1.29 is 15.3 Å². The van der Waals surface area contributed by atoms with Crippen molar-refractivity contribution in [3.05, 3.63) is 0 Å². The van der Waals surface area contributed by atoms with Gasteiger partial charge in [0, 0.05) is 18.5 Å². The lowest BCUT2D eigenvalue weighted by Crippen LogP contribution is -2.50. The number of nitrogens with zero attached hydrogens (tertiary/aromatic N) is 1. The van der Waals surface area contributed by atoms with Crippen LogP contribution in [0.2, 0.25) is 0 Å². The van der Waals surface area contributed by atoms with Crippen LogP contribution < -0.4 is 0 Å². The SMILES string of the molecule is CC1(O)CCCN(CC(C)(CO)CO)C1. The molecule has 0 aliphatic carbocycles. The Kier molecular flexibility index (Phi) is 4.12. The lowest BCUT2D eigenvalue weighted by atomic mass is 9.89. The molecule has 15 heavy (non-hydrogen) atoms. The zero-order chi connectivity index (χ0) is 11.5. The molecule has 0 aromatic rings. The van der Waals surface area contributed by atoms with Gasteiger partial charge >= 0.3 is 0 Å². The van der Waals surface area contributed by atoms with Crippen LogP contribution in [0.1, 0.15) is 26.7 Å². The van der Waals surface area contributed by atoms with Gasteiger partial charge in [-0.25, -0.2) is 0 Å². The molecule has 1 fully saturated rings. The van der Waals surface area contributed by atoms with E-state index in [9.17, 15) is 15.3 Å². The Hall–Kier alpha value is -0.160. The summed E-state index contributed by atoms with van der Waals surface area (Å²) >= 11 is 0. The van der Waals surface area contributed by atoms with Crippen LogP contribution in [0.25, 0.3) is 0 Å². The number of rotatable bonds is 4. The largest absolute Gasteiger partial charge is 0.396 e. The number of aliphatic hydroxyl groups excluding tert-OH is 2. The van der Waals surface area contributed by atoms with Gasteiger partial charge < -0.3 is 15.3 Å². The highest BCUT2D eigenvalue weighted by Crippen LogP contribution is 2.24. The van der Waals surface area contributed by atoms with Crippen molar-refractivity contribution >= 4 is 0 Å². The van der Waals surface area contributed by atoms with E-state index >= 15 is 0 Å². The van der Waals surface area contributed by atoms with Crippen molar-refractivity contribution in [1.82, 2.24) is 4.90 Å². The zero-order valence-electron chi connectivity index (χ0n) is 9.74. The van der Waals surface area contributed by atoms with Crippen molar-refractivity contribution in [3.8, 4) is 0 Å². The van der Waals surface area contributed by atoms with E-state index in [4.69, 9.17) is 0 Å². The molecule has 0 aromatic carbocycles. The summed E-state index contributed by atoms with van der Waals surface area (Å²) < 4.78 is 0. The summed E-state index contributed by atoms with van der Waals surface area (Å²) in [6.07, 6.45) is 1.80. The lowest BCUT2D eigenvalue weighted by Gasteiger charge is -2.40. The summed E-state index contributed by atoms with van der Waals surface area (Å²) in [4.78, 5) is 2.12. The number of β-amino-alcohol motifs (C(OH)–C–C–N with tert-alkyl or cyclic N) is 1. The molecule has 1 heterocycles. The third-order valence-corrected chi connectivity index (χ3v) is 3.12. The predicted molar refractivity (Wildman–Crippen MR) is 58.6 cm³/mol. The van der Waals surface area contributed by atoms with Gasteiger partial charge in [-0.05, 0) is 26.3 Å². The van der Waals surface area contributed by atoms with Gasteiger partial charge in [-0.1, -0.05) is 6.92 Å². The Bertz CT molecular complexity index is 202. The number of likely N-dealkylation sites (tertiary alicyclic amines) is 1. The monoisotopic (exact) mass is 217 g/mol. The summed E-state index contributed by atoms with van der Waals surface area (Å²) in [7, 11) is 0. The molecule has 1 atom stereocenters. The molecule has 4 nitrogen and oxygen atoms in total. The normalized spacial score (nSPS) is 29.4. The maximum Gasteiger partial charge on any atom is 0.0746 e. The van der Waals surface area contributed by atoms with Gasteiger partial charge in [0.25, 0.3) is 0 Å². The van der Waals surface area contributed by atoms with Crippen LogP contribution in [-0.2, 0) is 0 Å². The first-order valence-electron chi connectivity index (χ1n) is 5.57. The van der Waals surface area contributed by atoms with E-state index in [1.165, 1.54) is 0 Å². The molecule has 1 aliphatic heterocycles. The van der Waals surface area contributed by atoms with E-state index in [0.717, 1.165) is 19.4 Å². The van der Waals surface area contributed by atoms with Gasteiger partial charge in [-0.3, -0.25) is 4.90 Å². The van der Waals surface area contributed by atoms with E-state index in [1.54, 1.807) is 0 Å². The van der Waals surface area contributed by atoms with Crippen molar-refractivity contribution in [2.75, 3.05) is 32.8 Å². The molecule has 1 aliphatic rings. The van der Waals surface area contributed by atoms with Crippen molar-refractivity contribution in [2.24, 2.45) is 5.41 Å². The lowest BCUT2D eigenvalue weighted by molar-refractivity contribution is -0.0418. The Labute approximate surface area is 91.5 Å². The molecule has 0 radical (unpaired) electrons. The number of piperidine rings is 1. The minimum atomic E-state index is -0.621. The highest BCUT2D eigenvalue weighted by molar-refractivity contribution is 4.86. The fourth-order valence-electron chi connectivity index (χ4n) is 2.15. The van der Waals surface area contributed by atoms with Crippen LogP contribution in [0.15, 0.2) is 0 Å². The van der Waals surface area contributed by atoms with E-state index in [0.29, 0.717) is 13.1 Å². The second-order valence-electron chi connectivity index (χ2n) is 5.44. The van der Waals surface area contributed by atoms with Gasteiger partial charge in [-0.15, -0.1) is 0 Å². The smallest absolute Gasteiger partial charge is 0.0746 e. The van der Waals surface area contributed by atoms with E-state index in [-0.39, 0.29) is 13.2 Å². The van der Waals surface area contributed by atoms with E-state index in [2.05, 4.69) is 4.90 Å². The number of hydrogen-bond acceptors (Lipinski definition) is 4. The highest BCUT2D eigenvalue weighted by atomic mass is 16.3. The van der Waals surface area contributed by atoms with Gasteiger partial charge in [0.1, 0.15) is 0 Å². The van der Waals surface area contributed by atoms with Gasteiger partial charge in [0.15, 0.2) is 0 Å².